The summed E-state index contributed by atoms with van der Waals surface area (Å²) in [5.74, 6) is 0.890. The van der Waals surface area contributed by atoms with Gasteiger partial charge in [0.15, 0.2) is 5.78 Å². The molecule has 0 aliphatic carbocycles. The summed E-state index contributed by atoms with van der Waals surface area (Å²) in [6, 6.07) is 7.22. The van der Waals surface area contributed by atoms with Crippen molar-refractivity contribution in [2.75, 3.05) is 40.0 Å². The molecule has 0 atom stereocenters. The highest BCUT2D eigenvalue weighted by Crippen LogP contribution is 2.16. The molecule has 0 spiro atoms. The van der Waals surface area contributed by atoms with Crippen LogP contribution >= 0.6 is 0 Å². The predicted octanol–water partition coefficient (Wildman–Crippen LogP) is 1.35. The SMILES string of the molecule is COc1ccc(C(=O)CN2CCC(OCCO)CC2)cc1. The van der Waals surface area contributed by atoms with Crippen molar-refractivity contribution in [1.82, 2.24) is 4.90 Å². The van der Waals surface area contributed by atoms with E-state index in [0.717, 1.165) is 37.2 Å². The Labute approximate surface area is 125 Å². The monoisotopic (exact) mass is 293 g/mol. The number of carbonyl (C=O) groups is 1. The van der Waals surface area contributed by atoms with Crippen LogP contribution in [0.15, 0.2) is 24.3 Å². The molecule has 5 heteroatoms. The summed E-state index contributed by atoms with van der Waals surface area (Å²) in [4.78, 5) is 14.4. The zero-order chi connectivity index (χ0) is 15.1. The summed E-state index contributed by atoms with van der Waals surface area (Å²) in [6.07, 6.45) is 2.04. The Morgan fingerprint density at radius 1 is 1.29 bits per heavy atom. The quantitative estimate of drug-likeness (QED) is 0.769. The Morgan fingerprint density at radius 3 is 2.52 bits per heavy atom. The van der Waals surface area contributed by atoms with Crippen LogP contribution in [-0.2, 0) is 4.74 Å². The van der Waals surface area contributed by atoms with Gasteiger partial charge < -0.3 is 14.6 Å². The number of piperidine rings is 1. The van der Waals surface area contributed by atoms with Crippen LogP contribution in [0.2, 0.25) is 0 Å². The molecule has 116 valence electrons. The summed E-state index contributed by atoms with van der Waals surface area (Å²) in [5, 5.41) is 8.74. The number of methoxy groups -OCH3 is 1. The average molecular weight is 293 g/mol. The smallest absolute Gasteiger partial charge is 0.176 e. The van der Waals surface area contributed by atoms with Gasteiger partial charge in [-0.05, 0) is 37.1 Å². The molecular weight excluding hydrogens is 270 g/mol. The summed E-state index contributed by atoms with van der Waals surface area (Å²) >= 11 is 0. The van der Waals surface area contributed by atoms with Crippen LogP contribution in [0, 0.1) is 0 Å². The summed E-state index contributed by atoms with van der Waals surface area (Å²) < 4.78 is 10.6. The summed E-state index contributed by atoms with van der Waals surface area (Å²) in [5.41, 5.74) is 0.717. The predicted molar refractivity (Wildman–Crippen MR) is 79.8 cm³/mol. The maximum absolute atomic E-state index is 12.2. The third kappa shape index (κ3) is 4.81. The lowest BCUT2D eigenvalue weighted by Crippen LogP contribution is -2.40. The van der Waals surface area contributed by atoms with E-state index < -0.39 is 0 Å². The van der Waals surface area contributed by atoms with Gasteiger partial charge in [-0.1, -0.05) is 0 Å². The first-order valence-electron chi connectivity index (χ1n) is 7.35. The number of aliphatic hydroxyl groups is 1. The molecule has 0 bridgehead atoms. The van der Waals surface area contributed by atoms with Crippen LogP contribution in [-0.4, -0.2) is 61.9 Å². The third-order valence-electron chi connectivity index (χ3n) is 3.76. The van der Waals surface area contributed by atoms with Crippen LogP contribution < -0.4 is 4.74 Å². The van der Waals surface area contributed by atoms with Crippen LogP contribution in [0.3, 0.4) is 0 Å². The third-order valence-corrected chi connectivity index (χ3v) is 3.76. The molecule has 1 aliphatic rings. The molecule has 5 nitrogen and oxygen atoms in total. The molecule has 21 heavy (non-hydrogen) atoms. The molecule has 1 N–H and O–H groups in total. The first-order valence-corrected chi connectivity index (χ1v) is 7.35. The van der Waals surface area contributed by atoms with Crippen molar-refractivity contribution in [2.24, 2.45) is 0 Å². The molecule has 1 saturated heterocycles. The topological polar surface area (TPSA) is 59.0 Å². The molecular formula is C16H23NO4. The molecule has 0 amide bonds. The lowest BCUT2D eigenvalue weighted by atomic mass is 10.1. The second-order valence-corrected chi connectivity index (χ2v) is 5.22. The van der Waals surface area contributed by atoms with Gasteiger partial charge in [-0.2, -0.15) is 0 Å². The van der Waals surface area contributed by atoms with Crippen molar-refractivity contribution in [3.8, 4) is 5.75 Å². The molecule has 1 aromatic carbocycles. The van der Waals surface area contributed by atoms with Crippen molar-refractivity contribution >= 4 is 5.78 Å². The lowest BCUT2D eigenvalue weighted by Gasteiger charge is -2.31. The first kappa shape index (κ1) is 15.9. The number of likely N-dealkylation sites (tertiary alicyclic amines) is 1. The first-order chi connectivity index (χ1) is 10.2. The fourth-order valence-electron chi connectivity index (χ4n) is 2.52. The minimum absolute atomic E-state index is 0.0656. The van der Waals surface area contributed by atoms with Gasteiger partial charge in [-0.25, -0.2) is 0 Å². The van der Waals surface area contributed by atoms with E-state index >= 15 is 0 Å². The Bertz CT molecular complexity index is 438. The van der Waals surface area contributed by atoms with Crippen LogP contribution in [0.25, 0.3) is 0 Å². The highest BCUT2D eigenvalue weighted by molar-refractivity contribution is 5.97. The van der Waals surface area contributed by atoms with E-state index in [0.29, 0.717) is 13.2 Å². The summed E-state index contributed by atoms with van der Waals surface area (Å²) in [6.45, 7) is 2.63. The van der Waals surface area contributed by atoms with E-state index in [2.05, 4.69) is 4.90 Å². The van der Waals surface area contributed by atoms with E-state index in [1.165, 1.54) is 0 Å². The van der Waals surface area contributed by atoms with Gasteiger partial charge in [0.2, 0.25) is 0 Å². The highest BCUT2D eigenvalue weighted by atomic mass is 16.5. The second kappa shape index (κ2) is 8.12. The molecule has 1 aromatic rings. The number of hydrogen-bond donors (Lipinski definition) is 1. The molecule has 0 unspecified atom stereocenters. The molecule has 0 aromatic heterocycles. The van der Waals surface area contributed by atoms with E-state index in [9.17, 15) is 4.79 Å². The number of carbonyl (C=O) groups excluding carboxylic acids is 1. The van der Waals surface area contributed by atoms with Gasteiger partial charge in [0.05, 0.1) is 33.0 Å². The standard InChI is InChI=1S/C16H23NO4/c1-20-14-4-2-13(3-5-14)16(19)12-17-8-6-15(7-9-17)21-11-10-18/h2-5,15,18H,6-12H2,1H3. The van der Waals surface area contributed by atoms with Crippen molar-refractivity contribution in [1.29, 1.82) is 0 Å². The number of nitrogens with zero attached hydrogens (tertiary/aromatic N) is 1. The van der Waals surface area contributed by atoms with E-state index in [1.54, 1.807) is 19.2 Å². The molecule has 1 aliphatic heterocycles. The maximum atomic E-state index is 12.2. The minimum Gasteiger partial charge on any atom is -0.497 e. The van der Waals surface area contributed by atoms with Gasteiger partial charge in [-0.15, -0.1) is 0 Å². The Kier molecular flexibility index (Phi) is 6.17. The van der Waals surface area contributed by atoms with E-state index in [-0.39, 0.29) is 18.5 Å². The van der Waals surface area contributed by atoms with E-state index in [4.69, 9.17) is 14.6 Å². The number of hydrogen-bond acceptors (Lipinski definition) is 5. The normalized spacial score (nSPS) is 16.9. The lowest BCUT2D eigenvalue weighted by molar-refractivity contribution is -0.00689. The number of ether oxygens (including phenoxy) is 2. The number of aliphatic hydroxyl groups excluding tert-OH is 1. The zero-order valence-electron chi connectivity index (χ0n) is 12.5. The number of Topliss-reactive ketones (excluding diaryl/α,β-unsaturated/α-hetero) is 1. The Morgan fingerprint density at radius 2 is 1.95 bits per heavy atom. The molecule has 2 rings (SSSR count). The highest BCUT2D eigenvalue weighted by Gasteiger charge is 2.21. The Hall–Kier alpha value is -1.43. The van der Waals surface area contributed by atoms with E-state index in [1.807, 2.05) is 12.1 Å². The number of rotatable bonds is 7. The minimum atomic E-state index is 0.0656. The van der Waals surface area contributed by atoms with Crippen molar-refractivity contribution in [3.63, 3.8) is 0 Å². The molecule has 1 heterocycles. The van der Waals surface area contributed by atoms with Crippen molar-refractivity contribution < 1.29 is 19.4 Å². The number of ketones is 1. The van der Waals surface area contributed by atoms with Gasteiger partial charge in [0, 0.05) is 18.7 Å². The van der Waals surface area contributed by atoms with Crippen LogP contribution in [0.1, 0.15) is 23.2 Å². The number of benzene rings is 1. The zero-order valence-corrected chi connectivity index (χ0v) is 12.5. The van der Waals surface area contributed by atoms with Gasteiger partial charge in [0.1, 0.15) is 5.75 Å². The average Bonchev–Trinajstić information content (AvgIpc) is 2.54. The van der Waals surface area contributed by atoms with Gasteiger partial charge >= 0.3 is 0 Å². The van der Waals surface area contributed by atoms with Gasteiger partial charge in [0.25, 0.3) is 0 Å². The molecule has 1 fully saturated rings. The van der Waals surface area contributed by atoms with Crippen molar-refractivity contribution in [3.05, 3.63) is 29.8 Å². The Balaban J connectivity index is 1.78. The molecule has 0 saturated carbocycles. The van der Waals surface area contributed by atoms with Crippen LogP contribution in [0.5, 0.6) is 5.75 Å². The van der Waals surface area contributed by atoms with Crippen LogP contribution in [0.4, 0.5) is 0 Å². The van der Waals surface area contributed by atoms with Crippen molar-refractivity contribution in [2.45, 2.75) is 18.9 Å². The molecule has 0 radical (unpaired) electrons. The maximum Gasteiger partial charge on any atom is 0.176 e. The van der Waals surface area contributed by atoms with Gasteiger partial charge in [-0.3, -0.25) is 9.69 Å². The summed E-state index contributed by atoms with van der Waals surface area (Å²) in [7, 11) is 1.61. The largest absolute Gasteiger partial charge is 0.497 e. The fourth-order valence-corrected chi connectivity index (χ4v) is 2.52. The second-order valence-electron chi connectivity index (χ2n) is 5.22. The fraction of sp³-hybridized carbons (Fsp3) is 0.562.